The zero-order chi connectivity index (χ0) is 15.6. The average Bonchev–Trinajstić information content (AvgIpc) is 3.33. The van der Waals surface area contributed by atoms with E-state index in [1.165, 1.54) is 0 Å². The normalized spacial score (nSPS) is 24.3. The van der Waals surface area contributed by atoms with Gasteiger partial charge in [0.05, 0.1) is 6.10 Å². The fourth-order valence-electron chi connectivity index (χ4n) is 2.91. The molecule has 1 aliphatic carbocycles. The summed E-state index contributed by atoms with van der Waals surface area (Å²) in [6, 6.07) is 10.1. The highest BCUT2D eigenvalue weighted by molar-refractivity contribution is 5.89. The van der Waals surface area contributed by atoms with Crippen LogP contribution in [0.5, 0.6) is 0 Å². The molecule has 1 saturated heterocycles. The van der Waals surface area contributed by atoms with Gasteiger partial charge in [0.2, 0.25) is 0 Å². The van der Waals surface area contributed by atoms with Crippen molar-refractivity contribution in [3.63, 3.8) is 0 Å². The van der Waals surface area contributed by atoms with Crippen molar-refractivity contribution >= 4 is 5.91 Å². The SMILES string of the molecule is O=C(N[C@@H]1CCO[C@H](c2ccccc2)C1)c1nc(C2CC2)no1. The lowest BCUT2D eigenvalue weighted by molar-refractivity contribution is 0.000615. The second kappa shape index (κ2) is 6.12. The summed E-state index contributed by atoms with van der Waals surface area (Å²) in [6.07, 6.45) is 3.72. The fourth-order valence-corrected chi connectivity index (χ4v) is 2.91. The van der Waals surface area contributed by atoms with Gasteiger partial charge in [-0.15, -0.1) is 0 Å². The van der Waals surface area contributed by atoms with Gasteiger partial charge in [-0.2, -0.15) is 4.98 Å². The molecule has 1 aromatic carbocycles. The van der Waals surface area contributed by atoms with Gasteiger partial charge < -0.3 is 14.6 Å². The van der Waals surface area contributed by atoms with Gasteiger partial charge >= 0.3 is 11.8 Å². The number of hydrogen-bond donors (Lipinski definition) is 1. The highest BCUT2D eigenvalue weighted by Crippen LogP contribution is 2.38. The first-order chi connectivity index (χ1) is 11.3. The van der Waals surface area contributed by atoms with Gasteiger partial charge in [-0.25, -0.2) is 0 Å². The molecule has 4 rings (SSSR count). The average molecular weight is 313 g/mol. The van der Waals surface area contributed by atoms with Crippen LogP contribution in [0.1, 0.15) is 59.8 Å². The molecule has 0 unspecified atom stereocenters. The molecule has 6 nitrogen and oxygen atoms in total. The minimum absolute atomic E-state index is 0.0139. The van der Waals surface area contributed by atoms with Crippen molar-refractivity contribution in [3.8, 4) is 0 Å². The van der Waals surface area contributed by atoms with Crippen molar-refractivity contribution in [1.82, 2.24) is 15.5 Å². The van der Waals surface area contributed by atoms with Crippen LogP contribution >= 0.6 is 0 Å². The van der Waals surface area contributed by atoms with E-state index >= 15 is 0 Å². The first-order valence-electron chi connectivity index (χ1n) is 8.10. The minimum Gasteiger partial charge on any atom is -0.373 e. The third kappa shape index (κ3) is 3.27. The number of carbonyl (C=O) groups is 1. The maximum absolute atomic E-state index is 12.3. The van der Waals surface area contributed by atoms with Gasteiger partial charge in [0.15, 0.2) is 5.82 Å². The fraction of sp³-hybridized carbons (Fsp3) is 0.471. The lowest BCUT2D eigenvalue weighted by atomic mass is 9.97. The Bertz CT molecular complexity index is 681. The third-order valence-electron chi connectivity index (χ3n) is 4.37. The number of nitrogens with one attached hydrogen (secondary N) is 1. The first kappa shape index (κ1) is 14.4. The van der Waals surface area contributed by atoms with Crippen molar-refractivity contribution in [3.05, 3.63) is 47.6 Å². The number of ether oxygens (including phenoxy) is 1. The Morgan fingerprint density at radius 3 is 2.78 bits per heavy atom. The van der Waals surface area contributed by atoms with Crippen LogP contribution in [0.4, 0.5) is 0 Å². The maximum Gasteiger partial charge on any atom is 0.315 e. The predicted octanol–water partition coefficient (Wildman–Crippen LogP) is 2.60. The van der Waals surface area contributed by atoms with E-state index in [0.29, 0.717) is 18.3 Å². The standard InChI is InChI=1S/C17H19N3O3/c21-16(17-19-15(20-23-17)12-6-7-12)18-13-8-9-22-14(10-13)11-4-2-1-3-5-11/h1-5,12-14H,6-10H2,(H,18,21)/t13-,14+/m1/s1. The van der Waals surface area contributed by atoms with E-state index in [2.05, 4.69) is 27.6 Å². The van der Waals surface area contributed by atoms with Gasteiger partial charge in [-0.3, -0.25) is 4.79 Å². The number of hydrogen-bond acceptors (Lipinski definition) is 5. The molecular weight excluding hydrogens is 294 g/mol. The molecule has 23 heavy (non-hydrogen) atoms. The van der Waals surface area contributed by atoms with E-state index in [1.54, 1.807) is 0 Å². The minimum atomic E-state index is -0.289. The van der Waals surface area contributed by atoms with Crippen LogP contribution in [0.2, 0.25) is 0 Å². The second-order valence-corrected chi connectivity index (χ2v) is 6.20. The van der Waals surface area contributed by atoms with Crippen LogP contribution in [-0.2, 0) is 4.74 Å². The number of nitrogens with zero attached hydrogens (tertiary/aromatic N) is 2. The summed E-state index contributed by atoms with van der Waals surface area (Å²) in [5.74, 6) is 0.813. The van der Waals surface area contributed by atoms with Gasteiger partial charge in [-0.05, 0) is 31.2 Å². The maximum atomic E-state index is 12.3. The molecule has 2 fully saturated rings. The number of amides is 1. The Morgan fingerprint density at radius 2 is 2.00 bits per heavy atom. The van der Waals surface area contributed by atoms with Crippen LogP contribution in [0, 0.1) is 0 Å². The van der Waals surface area contributed by atoms with Crippen molar-refractivity contribution < 1.29 is 14.1 Å². The molecule has 2 atom stereocenters. The quantitative estimate of drug-likeness (QED) is 0.939. The van der Waals surface area contributed by atoms with Crippen LogP contribution in [-0.4, -0.2) is 28.7 Å². The van der Waals surface area contributed by atoms with Crippen LogP contribution in [0.15, 0.2) is 34.9 Å². The summed E-state index contributed by atoms with van der Waals surface area (Å²) in [5, 5.41) is 6.88. The molecule has 2 heterocycles. The Labute approximate surface area is 134 Å². The van der Waals surface area contributed by atoms with Gasteiger partial charge in [0, 0.05) is 18.6 Å². The topological polar surface area (TPSA) is 77.2 Å². The molecule has 0 spiro atoms. The van der Waals surface area contributed by atoms with Crippen molar-refractivity contribution in [1.29, 1.82) is 0 Å². The van der Waals surface area contributed by atoms with Crippen molar-refractivity contribution in [2.75, 3.05) is 6.61 Å². The molecule has 1 N–H and O–H groups in total. The monoisotopic (exact) mass is 313 g/mol. The van der Waals surface area contributed by atoms with E-state index in [4.69, 9.17) is 9.26 Å². The summed E-state index contributed by atoms with van der Waals surface area (Å²) < 4.78 is 10.9. The summed E-state index contributed by atoms with van der Waals surface area (Å²) in [6.45, 7) is 0.627. The second-order valence-electron chi connectivity index (χ2n) is 6.20. The van der Waals surface area contributed by atoms with Crippen LogP contribution in [0.25, 0.3) is 0 Å². The largest absolute Gasteiger partial charge is 0.373 e. The highest BCUT2D eigenvalue weighted by atomic mass is 16.5. The molecule has 0 bridgehead atoms. The summed E-state index contributed by atoms with van der Waals surface area (Å²) in [7, 11) is 0. The highest BCUT2D eigenvalue weighted by Gasteiger charge is 2.31. The third-order valence-corrected chi connectivity index (χ3v) is 4.37. The summed E-state index contributed by atoms with van der Waals surface area (Å²) >= 11 is 0. The van der Waals surface area contributed by atoms with E-state index in [0.717, 1.165) is 31.2 Å². The molecule has 1 aliphatic heterocycles. The molecule has 1 saturated carbocycles. The lowest BCUT2D eigenvalue weighted by Crippen LogP contribution is -2.40. The molecule has 6 heteroatoms. The van der Waals surface area contributed by atoms with Crippen LogP contribution in [0.3, 0.4) is 0 Å². The van der Waals surface area contributed by atoms with E-state index in [1.807, 2.05) is 18.2 Å². The zero-order valence-corrected chi connectivity index (χ0v) is 12.8. The molecule has 0 radical (unpaired) electrons. The number of aromatic nitrogens is 2. The molecular formula is C17H19N3O3. The number of carbonyl (C=O) groups excluding carboxylic acids is 1. The Hall–Kier alpha value is -2.21. The lowest BCUT2D eigenvalue weighted by Gasteiger charge is -2.30. The molecule has 2 aromatic rings. The Morgan fingerprint density at radius 1 is 1.17 bits per heavy atom. The molecule has 2 aliphatic rings. The zero-order valence-electron chi connectivity index (χ0n) is 12.8. The van der Waals surface area contributed by atoms with Gasteiger partial charge in [0.1, 0.15) is 0 Å². The number of benzene rings is 1. The molecule has 1 aromatic heterocycles. The Balaban J connectivity index is 1.38. The number of rotatable bonds is 4. The predicted molar refractivity (Wildman–Crippen MR) is 81.9 cm³/mol. The van der Waals surface area contributed by atoms with Crippen molar-refractivity contribution in [2.45, 2.75) is 43.7 Å². The van der Waals surface area contributed by atoms with Crippen LogP contribution < -0.4 is 5.32 Å². The van der Waals surface area contributed by atoms with Gasteiger partial charge in [0.25, 0.3) is 0 Å². The van der Waals surface area contributed by atoms with E-state index < -0.39 is 0 Å². The van der Waals surface area contributed by atoms with Crippen molar-refractivity contribution in [2.24, 2.45) is 0 Å². The summed E-state index contributed by atoms with van der Waals surface area (Å²) in [5.41, 5.74) is 1.14. The van der Waals surface area contributed by atoms with Gasteiger partial charge in [-0.1, -0.05) is 35.5 Å². The van der Waals surface area contributed by atoms with E-state index in [-0.39, 0.29) is 23.9 Å². The summed E-state index contributed by atoms with van der Waals surface area (Å²) in [4.78, 5) is 16.5. The Kier molecular flexibility index (Phi) is 3.83. The molecule has 1 amide bonds. The first-order valence-corrected chi connectivity index (χ1v) is 8.10. The van der Waals surface area contributed by atoms with E-state index in [9.17, 15) is 4.79 Å². The molecule has 120 valence electrons. The smallest absolute Gasteiger partial charge is 0.315 e.